The van der Waals surface area contributed by atoms with Crippen LogP contribution in [0.5, 0.6) is 0 Å². The quantitative estimate of drug-likeness (QED) is 0.247. The van der Waals surface area contributed by atoms with Gasteiger partial charge in [-0.05, 0) is 60.2 Å². The number of halogens is 2. The minimum absolute atomic E-state index is 0.0334. The van der Waals surface area contributed by atoms with Gasteiger partial charge in [0, 0.05) is 19.0 Å². The lowest BCUT2D eigenvalue weighted by Gasteiger charge is -2.35. The first-order valence-corrected chi connectivity index (χ1v) is 17.3. The van der Waals surface area contributed by atoms with Gasteiger partial charge in [0.2, 0.25) is 21.8 Å². The molecule has 1 atom stereocenters. The van der Waals surface area contributed by atoms with E-state index in [0.717, 1.165) is 60.2 Å². The number of benzene rings is 3. The molecular weight excluding hydrogens is 605 g/mol. The standard InChI is InChI=1S/C33H39Cl2N3O4S/c1-3-24-14-17-28(18-15-24)38(43(2,41)42)23-32(39)37(22-26-16-19-29(34)30(35)20-26)31(21-25-10-6-4-7-11-25)33(40)36-27-12-8-5-9-13-27/h4,6-7,10-11,14-20,27,31H,3,5,8-9,12-13,21-23H2,1-2H3,(H,36,40). The third-order valence-electron chi connectivity index (χ3n) is 7.87. The summed E-state index contributed by atoms with van der Waals surface area (Å²) in [5.41, 5.74) is 2.98. The van der Waals surface area contributed by atoms with E-state index in [1.807, 2.05) is 49.4 Å². The number of rotatable bonds is 12. The molecule has 3 aromatic carbocycles. The van der Waals surface area contributed by atoms with Crippen molar-refractivity contribution in [1.29, 1.82) is 0 Å². The Balaban J connectivity index is 1.73. The normalized spacial score (nSPS) is 14.6. The van der Waals surface area contributed by atoms with Crippen LogP contribution in [0.15, 0.2) is 72.8 Å². The highest BCUT2D eigenvalue weighted by Gasteiger charge is 2.34. The van der Waals surface area contributed by atoms with Crippen LogP contribution in [-0.4, -0.2) is 50.0 Å². The third-order valence-corrected chi connectivity index (χ3v) is 9.75. The molecule has 0 bridgehead atoms. The summed E-state index contributed by atoms with van der Waals surface area (Å²) in [6, 6.07) is 20.8. The van der Waals surface area contributed by atoms with Crippen molar-refractivity contribution in [2.45, 2.75) is 70.5 Å². The summed E-state index contributed by atoms with van der Waals surface area (Å²) in [7, 11) is -3.83. The minimum Gasteiger partial charge on any atom is -0.352 e. The zero-order chi connectivity index (χ0) is 31.0. The van der Waals surface area contributed by atoms with Crippen molar-refractivity contribution in [2.75, 3.05) is 17.1 Å². The smallest absolute Gasteiger partial charge is 0.244 e. The molecule has 2 amide bonds. The zero-order valence-electron chi connectivity index (χ0n) is 24.6. The molecule has 1 N–H and O–H groups in total. The molecule has 0 aromatic heterocycles. The van der Waals surface area contributed by atoms with Crippen molar-refractivity contribution in [1.82, 2.24) is 10.2 Å². The molecule has 10 heteroatoms. The number of hydrogen-bond acceptors (Lipinski definition) is 4. The number of nitrogens with zero attached hydrogens (tertiary/aromatic N) is 2. The van der Waals surface area contributed by atoms with Gasteiger partial charge in [0.1, 0.15) is 12.6 Å². The lowest BCUT2D eigenvalue weighted by molar-refractivity contribution is -0.140. The summed E-state index contributed by atoms with van der Waals surface area (Å²) < 4.78 is 27.1. The second-order valence-electron chi connectivity index (χ2n) is 11.1. The van der Waals surface area contributed by atoms with Gasteiger partial charge < -0.3 is 10.2 Å². The van der Waals surface area contributed by atoms with E-state index in [1.54, 1.807) is 30.3 Å². The van der Waals surface area contributed by atoms with Crippen molar-refractivity contribution < 1.29 is 18.0 Å². The van der Waals surface area contributed by atoms with Crippen LogP contribution >= 0.6 is 23.2 Å². The van der Waals surface area contributed by atoms with E-state index in [4.69, 9.17) is 23.2 Å². The Morgan fingerprint density at radius 1 is 0.884 bits per heavy atom. The maximum atomic E-state index is 14.3. The van der Waals surface area contributed by atoms with E-state index >= 15 is 0 Å². The van der Waals surface area contributed by atoms with Crippen molar-refractivity contribution >= 4 is 50.7 Å². The molecular formula is C33H39Cl2N3O4S. The third kappa shape index (κ3) is 9.21. The number of hydrogen-bond donors (Lipinski definition) is 1. The van der Waals surface area contributed by atoms with Crippen molar-refractivity contribution in [2.24, 2.45) is 0 Å². The molecule has 1 aliphatic rings. The van der Waals surface area contributed by atoms with Crippen LogP contribution in [0.1, 0.15) is 55.7 Å². The van der Waals surface area contributed by atoms with Gasteiger partial charge in [0.05, 0.1) is 22.0 Å². The van der Waals surface area contributed by atoms with E-state index < -0.39 is 28.5 Å². The molecule has 0 saturated heterocycles. The maximum absolute atomic E-state index is 14.3. The van der Waals surface area contributed by atoms with Crippen LogP contribution in [-0.2, 0) is 39.0 Å². The molecule has 3 aromatic rings. The van der Waals surface area contributed by atoms with Crippen LogP contribution < -0.4 is 9.62 Å². The fourth-order valence-corrected chi connectivity index (χ4v) is 6.61. The highest BCUT2D eigenvalue weighted by Crippen LogP contribution is 2.26. The molecule has 1 fully saturated rings. The Labute approximate surface area is 265 Å². The Morgan fingerprint density at radius 3 is 2.14 bits per heavy atom. The Bertz CT molecular complexity index is 1490. The largest absolute Gasteiger partial charge is 0.352 e. The topological polar surface area (TPSA) is 86.8 Å². The van der Waals surface area contributed by atoms with Crippen LogP contribution in [0.4, 0.5) is 5.69 Å². The average molecular weight is 645 g/mol. The van der Waals surface area contributed by atoms with E-state index in [9.17, 15) is 18.0 Å². The molecule has 43 heavy (non-hydrogen) atoms. The van der Waals surface area contributed by atoms with Crippen LogP contribution in [0.25, 0.3) is 0 Å². The molecule has 4 rings (SSSR count). The Kier molecular flexibility index (Phi) is 11.5. The van der Waals surface area contributed by atoms with Crippen molar-refractivity contribution in [3.63, 3.8) is 0 Å². The van der Waals surface area contributed by atoms with Crippen molar-refractivity contribution in [3.05, 3.63) is 99.5 Å². The monoisotopic (exact) mass is 643 g/mol. The summed E-state index contributed by atoms with van der Waals surface area (Å²) in [5.74, 6) is -0.766. The summed E-state index contributed by atoms with van der Waals surface area (Å²) in [6.45, 7) is 1.59. The lowest BCUT2D eigenvalue weighted by atomic mass is 9.94. The molecule has 0 spiro atoms. The number of nitrogens with one attached hydrogen (secondary N) is 1. The van der Waals surface area contributed by atoms with Gasteiger partial charge in [-0.15, -0.1) is 0 Å². The second kappa shape index (κ2) is 15.1. The summed E-state index contributed by atoms with van der Waals surface area (Å²) in [4.78, 5) is 29.7. The predicted molar refractivity (Wildman–Crippen MR) is 174 cm³/mol. The van der Waals surface area contributed by atoms with Gasteiger partial charge in [0.25, 0.3) is 0 Å². The number of carbonyl (C=O) groups excluding carboxylic acids is 2. The Morgan fingerprint density at radius 2 is 1.53 bits per heavy atom. The molecule has 0 heterocycles. The lowest BCUT2D eigenvalue weighted by Crippen LogP contribution is -2.55. The number of anilines is 1. The van der Waals surface area contributed by atoms with E-state index in [0.29, 0.717) is 21.3 Å². The molecule has 1 aliphatic carbocycles. The summed E-state index contributed by atoms with van der Waals surface area (Å²) in [6.07, 6.45) is 7.14. The number of carbonyl (C=O) groups is 2. The highest BCUT2D eigenvalue weighted by molar-refractivity contribution is 7.92. The molecule has 1 saturated carbocycles. The minimum atomic E-state index is -3.83. The SMILES string of the molecule is CCc1ccc(N(CC(=O)N(Cc2ccc(Cl)c(Cl)c2)C(Cc2ccccc2)C(=O)NC2CCCCC2)S(C)(=O)=O)cc1. The van der Waals surface area contributed by atoms with Crippen molar-refractivity contribution in [3.8, 4) is 0 Å². The van der Waals surface area contributed by atoms with Gasteiger partial charge in [-0.3, -0.25) is 13.9 Å². The number of sulfonamides is 1. The van der Waals surface area contributed by atoms with Gasteiger partial charge in [0.15, 0.2) is 0 Å². The van der Waals surface area contributed by atoms with Gasteiger partial charge in [-0.25, -0.2) is 8.42 Å². The Hall–Kier alpha value is -3.07. The molecule has 1 unspecified atom stereocenters. The molecule has 0 aliphatic heterocycles. The van der Waals surface area contributed by atoms with Gasteiger partial charge in [-0.1, -0.05) is 97.9 Å². The summed E-state index contributed by atoms with van der Waals surface area (Å²) >= 11 is 12.5. The van der Waals surface area contributed by atoms with Crippen LogP contribution in [0.2, 0.25) is 10.0 Å². The van der Waals surface area contributed by atoms with E-state index in [2.05, 4.69) is 5.32 Å². The summed E-state index contributed by atoms with van der Waals surface area (Å²) in [5, 5.41) is 3.90. The first-order valence-electron chi connectivity index (χ1n) is 14.7. The fourth-order valence-electron chi connectivity index (χ4n) is 5.44. The number of amides is 2. The van der Waals surface area contributed by atoms with E-state index in [-0.39, 0.29) is 24.9 Å². The second-order valence-corrected chi connectivity index (χ2v) is 13.8. The highest BCUT2D eigenvalue weighted by atomic mass is 35.5. The first-order chi connectivity index (χ1) is 20.5. The van der Waals surface area contributed by atoms with Gasteiger partial charge in [-0.2, -0.15) is 0 Å². The zero-order valence-corrected chi connectivity index (χ0v) is 27.0. The van der Waals surface area contributed by atoms with E-state index in [1.165, 1.54) is 4.90 Å². The molecule has 7 nitrogen and oxygen atoms in total. The predicted octanol–water partition coefficient (Wildman–Crippen LogP) is 6.41. The maximum Gasteiger partial charge on any atom is 0.244 e. The van der Waals surface area contributed by atoms with Crippen LogP contribution in [0, 0.1) is 0 Å². The molecule has 0 radical (unpaired) electrons. The van der Waals surface area contributed by atoms with Crippen LogP contribution in [0.3, 0.4) is 0 Å². The average Bonchev–Trinajstić information content (AvgIpc) is 3.00. The fraction of sp³-hybridized carbons (Fsp3) is 0.394. The molecule has 230 valence electrons. The first kappa shape index (κ1) is 32.8. The number of aryl methyl sites for hydroxylation is 1. The van der Waals surface area contributed by atoms with Gasteiger partial charge >= 0.3 is 0 Å².